The molecule has 6 nitrogen and oxygen atoms in total. The minimum absolute atomic E-state index is 0. The largest absolute Gasteiger partial charge is 0.490 e. The van der Waals surface area contributed by atoms with E-state index >= 15 is 0 Å². The van der Waals surface area contributed by atoms with Gasteiger partial charge < -0.3 is 19.5 Å². The Bertz CT molecular complexity index is 878. The molecule has 1 aromatic heterocycles. The fourth-order valence-electron chi connectivity index (χ4n) is 4.89. The third-order valence-corrected chi connectivity index (χ3v) is 6.98. The molecule has 2 aliphatic rings. The van der Waals surface area contributed by atoms with Gasteiger partial charge in [0.25, 0.3) is 0 Å². The van der Waals surface area contributed by atoms with Crippen molar-refractivity contribution in [3.05, 3.63) is 36.0 Å². The molecule has 0 radical (unpaired) electrons. The highest BCUT2D eigenvalue weighted by Crippen LogP contribution is 2.30. The summed E-state index contributed by atoms with van der Waals surface area (Å²) < 4.78 is 12.2. The van der Waals surface area contributed by atoms with Gasteiger partial charge in [-0.15, -0.1) is 29.9 Å². The second-order valence-electron chi connectivity index (χ2n) is 9.74. The summed E-state index contributed by atoms with van der Waals surface area (Å²) in [7, 11) is 2.08. The van der Waals surface area contributed by atoms with E-state index in [4.69, 9.17) is 9.47 Å². The van der Waals surface area contributed by atoms with E-state index < -0.39 is 0 Å². The molecule has 2 fully saturated rings. The Morgan fingerprint density at radius 1 is 1.03 bits per heavy atom. The minimum atomic E-state index is -0.325. The normalized spacial score (nSPS) is 21.0. The summed E-state index contributed by atoms with van der Waals surface area (Å²) in [6.45, 7) is 4.39. The maximum atomic E-state index is 10.3. The average molecular weight is 527 g/mol. The number of likely N-dealkylation sites (tertiary alicyclic amines) is 1. The van der Waals surface area contributed by atoms with Gasteiger partial charge in [0.15, 0.2) is 0 Å². The van der Waals surface area contributed by atoms with E-state index in [0.717, 1.165) is 74.2 Å². The number of unbranched alkanes of at least 4 members (excludes halogenated alkanes) is 1. The van der Waals surface area contributed by atoms with Crippen LogP contribution >= 0.6 is 24.8 Å². The molecule has 1 aliphatic carbocycles. The fourth-order valence-corrected chi connectivity index (χ4v) is 4.89. The lowest BCUT2D eigenvalue weighted by Gasteiger charge is -2.33. The summed E-state index contributed by atoms with van der Waals surface area (Å²) in [6.07, 6.45) is 10.1. The number of rotatable bonds is 9. The van der Waals surface area contributed by atoms with Crippen molar-refractivity contribution < 1.29 is 14.6 Å². The molecule has 1 aliphatic heterocycles. The topological polar surface area (TPSA) is 67.7 Å². The van der Waals surface area contributed by atoms with Crippen LogP contribution in [0.3, 0.4) is 0 Å². The van der Waals surface area contributed by atoms with Gasteiger partial charge in [-0.2, -0.15) is 5.10 Å². The summed E-state index contributed by atoms with van der Waals surface area (Å²) in [5, 5.41) is 19.2. The van der Waals surface area contributed by atoms with Crippen LogP contribution in [0.5, 0.6) is 11.6 Å². The summed E-state index contributed by atoms with van der Waals surface area (Å²) >= 11 is 0. The second kappa shape index (κ2) is 14.8. The summed E-state index contributed by atoms with van der Waals surface area (Å²) in [6, 6.07) is 10.4. The number of aromatic nitrogens is 2. The van der Waals surface area contributed by atoms with E-state index in [1.54, 1.807) is 0 Å². The first-order valence-corrected chi connectivity index (χ1v) is 12.8. The van der Waals surface area contributed by atoms with Gasteiger partial charge in [-0.3, -0.25) is 0 Å². The van der Waals surface area contributed by atoms with Crippen molar-refractivity contribution in [2.75, 3.05) is 26.7 Å². The van der Waals surface area contributed by atoms with Crippen molar-refractivity contribution in [2.45, 2.75) is 76.9 Å². The first kappa shape index (κ1) is 29.6. The summed E-state index contributed by atoms with van der Waals surface area (Å²) in [5.74, 6) is 1.55. The Labute approximate surface area is 222 Å². The molecule has 0 amide bonds. The molecular weight excluding hydrogens is 485 g/mol. The molecule has 2 atom stereocenters. The molecule has 35 heavy (non-hydrogen) atoms. The Morgan fingerprint density at radius 2 is 1.77 bits per heavy atom. The number of hydrogen-bond acceptors (Lipinski definition) is 6. The number of aryl methyl sites for hydroxylation is 1. The number of nitrogens with zero attached hydrogens (tertiary/aromatic N) is 3. The molecule has 1 N–H and O–H groups in total. The van der Waals surface area contributed by atoms with Gasteiger partial charge in [0.2, 0.25) is 5.88 Å². The van der Waals surface area contributed by atoms with Gasteiger partial charge in [-0.1, -0.05) is 31.9 Å². The van der Waals surface area contributed by atoms with Gasteiger partial charge in [0, 0.05) is 30.6 Å². The van der Waals surface area contributed by atoms with Gasteiger partial charge in [-0.25, -0.2) is 0 Å². The van der Waals surface area contributed by atoms with Crippen LogP contribution in [-0.4, -0.2) is 59.2 Å². The molecule has 196 valence electrons. The van der Waals surface area contributed by atoms with Crippen LogP contribution in [0, 0.1) is 5.92 Å². The fraction of sp³-hybridized carbons (Fsp3) is 0.630. The highest BCUT2D eigenvalue weighted by molar-refractivity contribution is 5.85. The second-order valence-corrected chi connectivity index (χ2v) is 9.74. The molecule has 8 heteroatoms. The van der Waals surface area contributed by atoms with Crippen LogP contribution in [-0.2, 0) is 6.42 Å². The minimum Gasteiger partial charge on any atom is -0.490 e. The van der Waals surface area contributed by atoms with Gasteiger partial charge >= 0.3 is 0 Å². The highest BCUT2D eigenvalue weighted by atomic mass is 35.5. The molecule has 4 rings (SSSR count). The number of aliphatic hydroxyl groups excluding tert-OH is 1. The van der Waals surface area contributed by atoms with E-state index in [-0.39, 0.29) is 36.8 Å². The van der Waals surface area contributed by atoms with E-state index in [1.807, 2.05) is 6.07 Å². The zero-order valence-corrected chi connectivity index (χ0v) is 22.7. The number of piperidine rings is 1. The van der Waals surface area contributed by atoms with E-state index in [9.17, 15) is 5.11 Å². The van der Waals surface area contributed by atoms with Gasteiger partial charge in [-0.05, 0) is 69.7 Å². The number of halogens is 2. The molecule has 1 aromatic carbocycles. The van der Waals surface area contributed by atoms with Crippen molar-refractivity contribution in [1.29, 1.82) is 0 Å². The van der Waals surface area contributed by atoms with E-state index in [1.165, 1.54) is 19.3 Å². The quantitative estimate of drug-likeness (QED) is 0.450. The molecule has 0 unspecified atom stereocenters. The third-order valence-electron chi connectivity index (χ3n) is 6.98. The van der Waals surface area contributed by atoms with Crippen molar-refractivity contribution in [3.63, 3.8) is 0 Å². The average Bonchev–Trinajstić information content (AvgIpc) is 2.85. The van der Waals surface area contributed by atoms with Crippen molar-refractivity contribution in [3.8, 4) is 22.8 Å². The van der Waals surface area contributed by atoms with Crippen molar-refractivity contribution in [2.24, 2.45) is 5.92 Å². The zero-order chi connectivity index (χ0) is 23.0. The molecule has 0 bridgehead atoms. The molecular formula is C27H41Cl2N3O3. The SMILES string of the molecule is CCCCc1nnc(OC[C@H]2CN(C)CC[C@H]2O)cc1-c1ccc(OC2CCCCC2)cc1.Cl.Cl. The maximum absolute atomic E-state index is 10.3. The Hall–Kier alpha value is -1.60. The van der Waals surface area contributed by atoms with Crippen LogP contribution in [0.4, 0.5) is 0 Å². The molecule has 1 saturated heterocycles. The lowest BCUT2D eigenvalue weighted by molar-refractivity contribution is 0.0127. The smallest absolute Gasteiger partial charge is 0.234 e. The zero-order valence-electron chi connectivity index (χ0n) is 21.0. The van der Waals surface area contributed by atoms with E-state index in [2.05, 4.69) is 53.3 Å². The van der Waals surface area contributed by atoms with E-state index in [0.29, 0.717) is 18.6 Å². The summed E-state index contributed by atoms with van der Waals surface area (Å²) in [5.41, 5.74) is 3.18. The van der Waals surface area contributed by atoms with Crippen molar-refractivity contribution >= 4 is 24.8 Å². The number of hydrogen-bond donors (Lipinski definition) is 1. The van der Waals surface area contributed by atoms with Crippen LogP contribution in [0.25, 0.3) is 11.1 Å². The third kappa shape index (κ3) is 8.49. The van der Waals surface area contributed by atoms with Gasteiger partial charge in [0.1, 0.15) is 5.75 Å². The van der Waals surface area contributed by atoms with Crippen molar-refractivity contribution in [1.82, 2.24) is 15.1 Å². The van der Waals surface area contributed by atoms with Crippen LogP contribution in [0.1, 0.15) is 64.0 Å². The Kier molecular flexibility index (Phi) is 12.6. The molecule has 0 spiro atoms. The predicted octanol–water partition coefficient (Wildman–Crippen LogP) is 5.73. The number of ether oxygens (including phenoxy) is 2. The lowest BCUT2D eigenvalue weighted by Crippen LogP contribution is -2.43. The van der Waals surface area contributed by atoms with Crippen LogP contribution < -0.4 is 9.47 Å². The standard InChI is InChI=1S/C27H39N3O3.2ClH/c1-3-4-10-25-24(20-11-13-23(14-12-20)33-22-8-6-5-7-9-22)17-27(29-28-25)32-19-21-18-30(2)16-15-26(21)31;;/h11-14,17,21-22,26,31H,3-10,15-16,18-19H2,1-2H3;2*1H/t21-,26-;;/m1../s1. The van der Waals surface area contributed by atoms with Gasteiger partial charge in [0.05, 0.1) is 24.5 Å². The Morgan fingerprint density at radius 3 is 2.49 bits per heavy atom. The van der Waals surface area contributed by atoms with Crippen LogP contribution in [0.2, 0.25) is 0 Å². The first-order chi connectivity index (χ1) is 16.1. The maximum Gasteiger partial charge on any atom is 0.234 e. The molecule has 2 aromatic rings. The summed E-state index contributed by atoms with van der Waals surface area (Å²) in [4.78, 5) is 2.24. The Balaban J connectivity index is 0.00000216. The number of aliphatic hydroxyl groups is 1. The molecule has 1 saturated carbocycles. The monoisotopic (exact) mass is 525 g/mol. The molecule has 2 heterocycles. The lowest BCUT2D eigenvalue weighted by atomic mass is 9.96. The highest BCUT2D eigenvalue weighted by Gasteiger charge is 2.27. The first-order valence-electron chi connectivity index (χ1n) is 12.8. The van der Waals surface area contributed by atoms with Crippen LogP contribution in [0.15, 0.2) is 30.3 Å². The number of benzene rings is 1. The predicted molar refractivity (Wildman–Crippen MR) is 145 cm³/mol.